The number of rotatable bonds is 1. The van der Waals surface area contributed by atoms with E-state index < -0.39 is 0 Å². The molecule has 0 rings (SSSR count). The molecule has 1 amide bonds. The zero-order chi connectivity index (χ0) is 7.28. The van der Waals surface area contributed by atoms with Gasteiger partial charge in [0.2, 0.25) is 5.91 Å². The number of hydrazone groups is 1. The van der Waals surface area contributed by atoms with Crippen LogP contribution < -0.4 is 11.2 Å². The van der Waals surface area contributed by atoms with Crippen molar-refractivity contribution in [3.63, 3.8) is 0 Å². The van der Waals surface area contributed by atoms with Crippen molar-refractivity contribution < 1.29 is 4.79 Å². The van der Waals surface area contributed by atoms with E-state index in [1.165, 1.54) is 18.7 Å². The highest BCUT2D eigenvalue weighted by Gasteiger charge is 1.87. The Morgan fingerprint density at radius 3 is 2.67 bits per heavy atom. The van der Waals surface area contributed by atoms with Gasteiger partial charge in [0.1, 0.15) is 0 Å². The Kier molecular flexibility index (Phi) is 3.87. The summed E-state index contributed by atoms with van der Waals surface area (Å²) in [5.41, 5.74) is 7.42. The average molecular weight is 147 g/mol. The van der Waals surface area contributed by atoms with Gasteiger partial charge in [-0.3, -0.25) is 4.79 Å². The van der Waals surface area contributed by atoms with Crippen molar-refractivity contribution >= 4 is 22.8 Å². The molecule has 5 heteroatoms. The smallest absolute Gasteiger partial charge is 0.237 e. The van der Waals surface area contributed by atoms with Crippen LogP contribution in [0.2, 0.25) is 0 Å². The van der Waals surface area contributed by atoms with Crippen LogP contribution in [0.5, 0.6) is 0 Å². The molecule has 0 atom stereocenters. The van der Waals surface area contributed by atoms with Crippen molar-refractivity contribution in [2.24, 2.45) is 10.8 Å². The molecule has 52 valence electrons. The molecule has 9 heavy (non-hydrogen) atoms. The van der Waals surface area contributed by atoms with Crippen molar-refractivity contribution in [1.29, 1.82) is 0 Å². The average Bonchev–Trinajstić information content (AvgIpc) is 1.83. The Labute approximate surface area is 57.9 Å². The van der Waals surface area contributed by atoms with Crippen LogP contribution in [0.3, 0.4) is 0 Å². The highest BCUT2D eigenvalue weighted by atomic mass is 32.2. The molecular formula is C4H9N3OS. The third kappa shape index (κ3) is 5.16. The SMILES string of the molecule is CS/C(N)=N/NC(C)=O. The van der Waals surface area contributed by atoms with Gasteiger partial charge >= 0.3 is 0 Å². The van der Waals surface area contributed by atoms with E-state index in [1.807, 2.05) is 0 Å². The Balaban J connectivity index is 3.56. The maximum absolute atomic E-state index is 10.2. The number of hydrogen-bond donors (Lipinski definition) is 2. The van der Waals surface area contributed by atoms with Gasteiger partial charge in [0.15, 0.2) is 5.17 Å². The summed E-state index contributed by atoms with van der Waals surface area (Å²) < 4.78 is 0. The first-order chi connectivity index (χ1) is 4.16. The van der Waals surface area contributed by atoms with E-state index in [0.29, 0.717) is 5.17 Å². The van der Waals surface area contributed by atoms with Gasteiger partial charge in [-0.2, -0.15) is 0 Å². The van der Waals surface area contributed by atoms with Gasteiger partial charge in [0, 0.05) is 6.92 Å². The van der Waals surface area contributed by atoms with Crippen molar-refractivity contribution in [1.82, 2.24) is 5.43 Å². The number of hydrogen-bond acceptors (Lipinski definition) is 3. The summed E-state index contributed by atoms with van der Waals surface area (Å²) in [5, 5.41) is 3.85. The number of nitrogens with one attached hydrogen (secondary N) is 1. The number of carbonyl (C=O) groups excluding carboxylic acids is 1. The van der Waals surface area contributed by atoms with E-state index in [1.54, 1.807) is 6.26 Å². The summed E-state index contributed by atoms with van der Waals surface area (Å²) in [6.07, 6.45) is 1.78. The summed E-state index contributed by atoms with van der Waals surface area (Å²) in [6, 6.07) is 0. The second-order valence-electron chi connectivity index (χ2n) is 1.32. The molecule has 0 aromatic heterocycles. The van der Waals surface area contributed by atoms with E-state index in [-0.39, 0.29) is 5.91 Å². The van der Waals surface area contributed by atoms with Crippen LogP contribution >= 0.6 is 11.8 Å². The molecule has 4 nitrogen and oxygen atoms in total. The number of amides is 1. The molecule has 0 aliphatic carbocycles. The predicted molar refractivity (Wildman–Crippen MR) is 39.0 cm³/mol. The van der Waals surface area contributed by atoms with E-state index >= 15 is 0 Å². The fourth-order valence-corrected chi connectivity index (χ4v) is 0.316. The largest absolute Gasteiger partial charge is 0.377 e. The van der Waals surface area contributed by atoms with Gasteiger partial charge in [0.05, 0.1) is 0 Å². The molecule has 0 aromatic carbocycles. The van der Waals surface area contributed by atoms with Crippen LogP contribution in [0.4, 0.5) is 0 Å². The second kappa shape index (κ2) is 4.20. The van der Waals surface area contributed by atoms with Crippen LogP contribution in [0, 0.1) is 0 Å². The number of amidine groups is 1. The lowest BCUT2D eigenvalue weighted by Crippen LogP contribution is -2.18. The van der Waals surface area contributed by atoms with Gasteiger partial charge in [-0.05, 0) is 6.26 Å². The zero-order valence-corrected chi connectivity index (χ0v) is 6.16. The molecule has 0 unspecified atom stereocenters. The van der Waals surface area contributed by atoms with Gasteiger partial charge in [-0.25, -0.2) is 5.43 Å². The van der Waals surface area contributed by atoms with E-state index in [4.69, 9.17) is 5.73 Å². The predicted octanol–water partition coefficient (Wildman–Crippen LogP) is -0.285. The maximum Gasteiger partial charge on any atom is 0.237 e. The van der Waals surface area contributed by atoms with Crippen LogP contribution in [0.25, 0.3) is 0 Å². The van der Waals surface area contributed by atoms with Crippen LogP contribution in [0.15, 0.2) is 5.10 Å². The molecule has 0 fully saturated rings. The molecule has 0 saturated heterocycles. The Hall–Kier alpha value is -0.710. The van der Waals surface area contributed by atoms with Crippen molar-refractivity contribution in [3.05, 3.63) is 0 Å². The fraction of sp³-hybridized carbons (Fsp3) is 0.500. The molecular weight excluding hydrogens is 138 g/mol. The zero-order valence-electron chi connectivity index (χ0n) is 5.34. The van der Waals surface area contributed by atoms with Crippen LogP contribution in [0.1, 0.15) is 6.92 Å². The van der Waals surface area contributed by atoms with E-state index in [9.17, 15) is 4.79 Å². The van der Waals surface area contributed by atoms with Gasteiger partial charge in [0.25, 0.3) is 0 Å². The number of carbonyl (C=O) groups is 1. The lowest BCUT2D eigenvalue weighted by molar-refractivity contribution is -0.118. The molecule has 0 aromatic rings. The quantitative estimate of drug-likeness (QED) is 0.304. The Morgan fingerprint density at radius 2 is 2.33 bits per heavy atom. The normalized spacial score (nSPS) is 11.1. The molecule has 3 N–H and O–H groups in total. The maximum atomic E-state index is 10.2. The minimum Gasteiger partial charge on any atom is -0.377 e. The fourth-order valence-electron chi connectivity index (χ4n) is 0.179. The van der Waals surface area contributed by atoms with Gasteiger partial charge < -0.3 is 5.73 Å². The number of nitrogens with zero attached hydrogens (tertiary/aromatic N) is 1. The standard InChI is InChI=1S/C4H9N3OS/c1-3(8)6-7-4(5)9-2/h1-2H3,(H2,5,7)(H,6,8). The highest BCUT2D eigenvalue weighted by molar-refractivity contribution is 8.13. The van der Waals surface area contributed by atoms with Gasteiger partial charge in [-0.15, -0.1) is 5.10 Å². The van der Waals surface area contributed by atoms with Crippen molar-refractivity contribution in [2.45, 2.75) is 6.92 Å². The summed E-state index contributed by atoms with van der Waals surface area (Å²) in [5.74, 6) is -0.216. The first-order valence-electron chi connectivity index (χ1n) is 2.30. The Morgan fingerprint density at radius 1 is 1.78 bits per heavy atom. The summed E-state index contributed by atoms with van der Waals surface area (Å²) in [7, 11) is 0. The van der Waals surface area contributed by atoms with Crippen molar-refractivity contribution in [3.8, 4) is 0 Å². The molecule has 0 heterocycles. The first kappa shape index (κ1) is 8.29. The number of thioether (sulfide) groups is 1. The third-order valence-electron chi connectivity index (χ3n) is 0.533. The first-order valence-corrected chi connectivity index (χ1v) is 3.53. The third-order valence-corrected chi connectivity index (χ3v) is 1.04. The lowest BCUT2D eigenvalue weighted by Gasteiger charge is -1.93. The topological polar surface area (TPSA) is 67.5 Å². The Bertz CT molecular complexity index is 134. The van der Waals surface area contributed by atoms with Crippen molar-refractivity contribution in [2.75, 3.05) is 6.26 Å². The second-order valence-corrected chi connectivity index (χ2v) is 2.15. The molecule has 0 aliphatic heterocycles. The van der Waals surface area contributed by atoms with Gasteiger partial charge in [-0.1, -0.05) is 11.8 Å². The lowest BCUT2D eigenvalue weighted by atomic mass is 10.8. The highest BCUT2D eigenvalue weighted by Crippen LogP contribution is 1.87. The summed E-state index contributed by atoms with van der Waals surface area (Å²) >= 11 is 1.28. The van der Waals surface area contributed by atoms with Crippen LogP contribution in [-0.2, 0) is 4.79 Å². The molecule has 0 saturated carbocycles. The molecule has 0 bridgehead atoms. The van der Waals surface area contributed by atoms with E-state index in [0.717, 1.165) is 0 Å². The number of nitrogens with two attached hydrogens (primary N) is 1. The summed E-state index contributed by atoms with van der Waals surface area (Å²) in [4.78, 5) is 10.2. The minimum absolute atomic E-state index is 0.216. The monoisotopic (exact) mass is 147 g/mol. The molecule has 0 radical (unpaired) electrons. The molecule has 0 spiro atoms. The minimum atomic E-state index is -0.216. The van der Waals surface area contributed by atoms with E-state index in [2.05, 4.69) is 10.5 Å². The van der Waals surface area contributed by atoms with Crippen LogP contribution in [-0.4, -0.2) is 17.3 Å². The summed E-state index contributed by atoms with van der Waals surface area (Å²) in [6.45, 7) is 1.37. The molecule has 0 aliphatic rings.